The summed E-state index contributed by atoms with van der Waals surface area (Å²) in [5.74, 6) is 0.665. The normalized spacial score (nSPS) is 19.3. The van der Waals surface area contributed by atoms with Crippen molar-refractivity contribution in [1.82, 2.24) is 5.32 Å². The predicted molar refractivity (Wildman–Crippen MR) is 92.4 cm³/mol. The van der Waals surface area contributed by atoms with Crippen LogP contribution in [0.3, 0.4) is 0 Å². The van der Waals surface area contributed by atoms with E-state index in [4.69, 9.17) is 32.7 Å². The van der Waals surface area contributed by atoms with Gasteiger partial charge in [-0.15, -0.1) is 23.2 Å². The van der Waals surface area contributed by atoms with Crippen molar-refractivity contribution in [2.75, 3.05) is 20.3 Å². The molecule has 2 rings (SSSR count). The molecule has 1 aliphatic carbocycles. The van der Waals surface area contributed by atoms with Gasteiger partial charge in [-0.25, -0.2) is 0 Å². The lowest BCUT2D eigenvalue weighted by Crippen LogP contribution is -2.46. The molecule has 1 aliphatic rings. The van der Waals surface area contributed by atoms with Gasteiger partial charge in [-0.05, 0) is 44.4 Å². The number of nitrogens with one attached hydrogen (secondary N) is 1. The van der Waals surface area contributed by atoms with E-state index in [-0.39, 0.29) is 11.8 Å². The fourth-order valence-electron chi connectivity index (χ4n) is 2.32. The molecule has 4 nitrogen and oxygen atoms in total. The quantitative estimate of drug-likeness (QED) is 0.569. The van der Waals surface area contributed by atoms with E-state index < -0.39 is 9.93 Å². The highest BCUT2D eigenvalue weighted by molar-refractivity contribution is 6.51. The summed E-state index contributed by atoms with van der Waals surface area (Å²) < 4.78 is 10.1. The van der Waals surface area contributed by atoms with Crippen LogP contribution in [0.4, 0.5) is 0 Å². The third-order valence-corrected chi connectivity index (χ3v) is 4.67. The summed E-state index contributed by atoms with van der Waals surface area (Å²) in [5.41, 5.74) is 0.140. The summed E-state index contributed by atoms with van der Waals surface area (Å²) >= 11 is 12.1. The minimum atomic E-state index is -0.948. The average Bonchev–Trinajstić information content (AvgIpc) is 3.12. The first kappa shape index (κ1) is 18.4. The topological polar surface area (TPSA) is 47.6 Å². The molecule has 0 bridgehead atoms. The summed E-state index contributed by atoms with van der Waals surface area (Å²) in [6, 6.07) is 7.58. The van der Waals surface area contributed by atoms with Crippen molar-refractivity contribution >= 4 is 29.1 Å². The van der Waals surface area contributed by atoms with E-state index in [0.717, 1.165) is 18.4 Å². The highest BCUT2D eigenvalue weighted by Crippen LogP contribution is 2.59. The molecule has 0 aliphatic heterocycles. The van der Waals surface area contributed by atoms with Crippen LogP contribution in [0.15, 0.2) is 24.3 Å². The van der Waals surface area contributed by atoms with Crippen molar-refractivity contribution in [3.05, 3.63) is 29.8 Å². The molecule has 1 fully saturated rings. The van der Waals surface area contributed by atoms with E-state index in [0.29, 0.717) is 18.9 Å². The smallest absolute Gasteiger partial charge is 0.263 e. The molecule has 6 heteroatoms. The van der Waals surface area contributed by atoms with Crippen LogP contribution in [0.1, 0.15) is 38.2 Å². The maximum atomic E-state index is 12.2. The predicted octanol–water partition coefficient (Wildman–Crippen LogP) is 3.66. The Balaban J connectivity index is 1.88. The summed E-state index contributed by atoms with van der Waals surface area (Å²) in [5, 5.41) is 2.85. The Kier molecular flexibility index (Phi) is 5.82. The van der Waals surface area contributed by atoms with Crippen LogP contribution in [0, 0.1) is 0 Å². The van der Waals surface area contributed by atoms with Gasteiger partial charge in [-0.2, -0.15) is 0 Å². The fraction of sp³-hybridized carbons (Fsp3) is 0.588. The molecule has 0 spiro atoms. The third kappa shape index (κ3) is 5.00. The molecule has 1 aromatic carbocycles. The zero-order valence-corrected chi connectivity index (χ0v) is 15.2. The Morgan fingerprint density at radius 3 is 2.48 bits per heavy atom. The van der Waals surface area contributed by atoms with Gasteiger partial charge in [0.15, 0.2) is 5.60 Å². The number of alkyl halides is 2. The molecule has 23 heavy (non-hydrogen) atoms. The van der Waals surface area contributed by atoms with Crippen LogP contribution in [0.2, 0.25) is 0 Å². The molecule has 1 atom stereocenters. The Hall–Kier alpha value is -0.970. The maximum absolute atomic E-state index is 12.2. The zero-order valence-electron chi connectivity index (χ0n) is 13.7. The molecule has 0 radical (unpaired) electrons. The maximum Gasteiger partial charge on any atom is 0.263 e. The van der Waals surface area contributed by atoms with E-state index in [1.807, 2.05) is 24.3 Å². The first-order chi connectivity index (χ1) is 10.8. The van der Waals surface area contributed by atoms with Crippen LogP contribution in [-0.2, 0) is 9.53 Å². The molecule has 1 aromatic rings. The summed E-state index contributed by atoms with van der Waals surface area (Å²) in [4.78, 5) is 12.2. The lowest BCUT2D eigenvalue weighted by atomic mass is 10.1. The van der Waals surface area contributed by atoms with Gasteiger partial charge in [0.25, 0.3) is 5.91 Å². The largest absolute Gasteiger partial charge is 0.478 e. The number of benzene rings is 1. The van der Waals surface area contributed by atoms with Crippen molar-refractivity contribution < 1.29 is 14.3 Å². The molecular formula is C17H23Cl2NO3. The molecule has 0 saturated heterocycles. The van der Waals surface area contributed by atoms with E-state index in [9.17, 15) is 4.79 Å². The van der Waals surface area contributed by atoms with Crippen LogP contribution < -0.4 is 10.1 Å². The molecule has 1 saturated carbocycles. The minimum Gasteiger partial charge on any atom is -0.478 e. The van der Waals surface area contributed by atoms with Gasteiger partial charge >= 0.3 is 0 Å². The third-order valence-electron chi connectivity index (χ3n) is 3.84. The Bertz CT molecular complexity index is 543. The Morgan fingerprint density at radius 1 is 1.35 bits per heavy atom. The van der Waals surface area contributed by atoms with Crippen molar-refractivity contribution in [3.8, 4) is 5.75 Å². The van der Waals surface area contributed by atoms with Gasteiger partial charge in [0.2, 0.25) is 0 Å². The molecule has 1 unspecified atom stereocenters. The summed E-state index contributed by atoms with van der Waals surface area (Å²) in [6.07, 6.45) is 1.54. The monoisotopic (exact) mass is 359 g/mol. The van der Waals surface area contributed by atoms with Gasteiger partial charge in [-0.1, -0.05) is 12.1 Å². The second-order valence-electron chi connectivity index (χ2n) is 6.30. The van der Waals surface area contributed by atoms with Gasteiger partial charge in [0.1, 0.15) is 10.1 Å². The molecular weight excluding hydrogens is 337 g/mol. The SMILES string of the molecule is COCCCNC(=O)C(C)(C)Oc1ccc(C2CC2(Cl)Cl)cc1. The minimum absolute atomic E-state index is 0.152. The van der Waals surface area contributed by atoms with Gasteiger partial charge in [0, 0.05) is 26.2 Å². The van der Waals surface area contributed by atoms with Crippen molar-refractivity contribution in [2.45, 2.75) is 42.5 Å². The standard InChI is InChI=1S/C17H23Cl2NO3/c1-16(2,15(21)20-9-4-10-22-3)23-13-7-5-12(6-8-13)14-11-17(14,18)19/h5-8,14H,4,9-11H2,1-3H3,(H,20,21). The van der Waals surface area contributed by atoms with Crippen molar-refractivity contribution in [2.24, 2.45) is 0 Å². The Morgan fingerprint density at radius 2 is 1.96 bits per heavy atom. The number of hydrogen-bond donors (Lipinski definition) is 1. The summed E-state index contributed by atoms with van der Waals surface area (Å²) in [7, 11) is 1.64. The zero-order chi connectivity index (χ0) is 17.1. The second kappa shape index (κ2) is 7.29. The number of hydrogen-bond acceptors (Lipinski definition) is 3. The fourth-order valence-corrected chi connectivity index (χ4v) is 2.88. The number of carbonyl (C=O) groups is 1. The lowest BCUT2D eigenvalue weighted by molar-refractivity contribution is -0.134. The van der Waals surface area contributed by atoms with Gasteiger partial charge < -0.3 is 14.8 Å². The first-order valence-corrected chi connectivity index (χ1v) is 8.46. The second-order valence-corrected chi connectivity index (χ2v) is 7.84. The summed E-state index contributed by atoms with van der Waals surface area (Å²) in [6.45, 7) is 4.67. The molecule has 128 valence electrons. The molecule has 0 aromatic heterocycles. The van der Waals surface area contributed by atoms with Crippen LogP contribution in [0.25, 0.3) is 0 Å². The Labute approximate surface area is 147 Å². The van der Waals surface area contributed by atoms with E-state index in [2.05, 4.69) is 5.32 Å². The molecule has 0 heterocycles. The number of carbonyl (C=O) groups excluding carboxylic acids is 1. The number of ether oxygens (including phenoxy) is 2. The van der Waals surface area contributed by atoms with Gasteiger partial charge in [-0.3, -0.25) is 4.79 Å². The van der Waals surface area contributed by atoms with E-state index in [1.165, 1.54) is 0 Å². The lowest BCUT2D eigenvalue weighted by Gasteiger charge is -2.25. The number of rotatable bonds is 8. The first-order valence-electron chi connectivity index (χ1n) is 7.70. The molecule has 1 amide bonds. The number of methoxy groups -OCH3 is 1. The van der Waals surface area contributed by atoms with Gasteiger partial charge in [0.05, 0.1) is 0 Å². The van der Waals surface area contributed by atoms with Crippen LogP contribution in [-0.4, -0.2) is 36.1 Å². The highest BCUT2D eigenvalue weighted by Gasteiger charge is 2.52. The van der Waals surface area contributed by atoms with Crippen LogP contribution in [0.5, 0.6) is 5.75 Å². The number of halogens is 2. The van der Waals surface area contributed by atoms with E-state index in [1.54, 1.807) is 21.0 Å². The van der Waals surface area contributed by atoms with Crippen molar-refractivity contribution in [3.63, 3.8) is 0 Å². The molecule has 1 N–H and O–H groups in total. The highest BCUT2D eigenvalue weighted by atomic mass is 35.5. The number of amides is 1. The van der Waals surface area contributed by atoms with Crippen molar-refractivity contribution in [1.29, 1.82) is 0 Å². The average molecular weight is 360 g/mol. The van der Waals surface area contributed by atoms with Crippen LogP contribution >= 0.6 is 23.2 Å². The van der Waals surface area contributed by atoms with E-state index >= 15 is 0 Å².